The summed E-state index contributed by atoms with van der Waals surface area (Å²) in [4.78, 5) is 0. The Bertz CT molecular complexity index is 543. The molecular weight excluding hydrogens is 420 g/mol. The van der Waals surface area contributed by atoms with Gasteiger partial charge in [-0.1, -0.05) is 39.5 Å². The van der Waals surface area contributed by atoms with Gasteiger partial charge < -0.3 is 34.3 Å². The van der Waals surface area contributed by atoms with Crippen LogP contribution in [-0.4, -0.2) is 97.3 Å². The molecular formula is C19H38O10S. The molecule has 0 saturated carbocycles. The Kier molecular flexibility index (Phi) is 13.5. The van der Waals surface area contributed by atoms with Crippen molar-refractivity contribution in [2.45, 2.75) is 89.2 Å². The van der Waals surface area contributed by atoms with Crippen LogP contribution in [-0.2, 0) is 29.1 Å². The van der Waals surface area contributed by atoms with Crippen LogP contribution in [0.3, 0.4) is 0 Å². The van der Waals surface area contributed by atoms with Gasteiger partial charge in [-0.25, -0.2) is 0 Å². The van der Waals surface area contributed by atoms with Crippen LogP contribution in [0.15, 0.2) is 0 Å². The SMILES string of the molecule is CCCCCOCC(CO[C@H]1O[C@H](CS(=O)(=O)O)[C@@H](O)[C@H](O)[C@H]1O)OCCCCC. The molecule has 1 fully saturated rings. The van der Waals surface area contributed by atoms with E-state index in [1.807, 2.05) is 0 Å². The van der Waals surface area contributed by atoms with Crippen molar-refractivity contribution in [1.82, 2.24) is 0 Å². The van der Waals surface area contributed by atoms with E-state index in [2.05, 4.69) is 13.8 Å². The molecule has 6 atom stereocenters. The average Bonchev–Trinajstić information content (AvgIpc) is 2.68. The maximum absolute atomic E-state index is 11.1. The van der Waals surface area contributed by atoms with Gasteiger partial charge in [-0.05, 0) is 12.8 Å². The van der Waals surface area contributed by atoms with Gasteiger partial charge in [0, 0.05) is 13.2 Å². The van der Waals surface area contributed by atoms with E-state index >= 15 is 0 Å². The van der Waals surface area contributed by atoms with Gasteiger partial charge in [0.1, 0.15) is 36.3 Å². The van der Waals surface area contributed by atoms with Crippen molar-refractivity contribution < 1.29 is 47.2 Å². The molecule has 1 unspecified atom stereocenters. The Morgan fingerprint density at radius 1 is 0.900 bits per heavy atom. The van der Waals surface area contributed by atoms with Crippen LogP contribution < -0.4 is 0 Å². The van der Waals surface area contributed by atoms with Gasteiger partial charge >= 0.3 is 0 Å². The molecule has 1 rings (SSSR count). The first kappa shape index (κ1) is 27.7. The lowest BCUT2D eigenvalue weighted by atomic mass is 10.00. The lowest BCUT2D eigenvalue weighted by Gasteiger charge is -2.40. The maximum atomic E-state index is 11.1. The van der Waals surface area contributed by atoms with Crippen LogP contribution >= 0.6 is 0 Å². The molecule has 30 heavy (non-hydrogen) atoms. The van der Waals surface area contributed by atoms with Crippen molar-refractivity contribution >= 4 is 10.1 Å². The molecule has 11 heteroatoms. The fraction of sp³-hybridized carbons (Fsp3) is 1.00. The minimum Gasteiger partial charge on any atom is -0.388 e. The zero-order chi connectivity index (χ0) is 22.6. The number of aliphatic hydroxyl groups is 3. The van der Waals surface area contributed by atoms with Crippen LogP contribution in [0.1, 0.15) is 52.4 Å². The Morgan fingerprint density at radius 3 is 2.13 bits per heavy atom. The lowest BCUT2D eigenvalue weighted by Crippen LogP contribution is -2.60. The topological polar surface area (TPSA) is 152 Å². The van der Waals surface area contributed by atoms with Gasteiger partial charge in [-0.3, -0.25) is 4.55 Å². The second kappa shape index (κ2) is 14.6. The zero-order valence-corrected chi connectivity index (χ0v) is 18.7. The summed E-state index contributed by atoms with van der Waals surface area (Å²) in [7, 11) is -4.47. The summed E-state index contributed by atoms with van der Waals surface area (Å²) in [6.07, 6.45) is -2.21. The largest absolute Gasteiger partial charge is 0.388 e. The molecule has 0 aromatic rings. The van der Waals surface area contributed by atoms with Crippen molar-refractivity contribution in [3.8, 4) is 0 Å². The number of hydrogen-bond donors (Lipinski definition) is 4. The number of rotatable bonds is 16. The highest BCUT2D eigenvalue weighted by Crippen LogP contribution is 2.23. The zero-order valence-electron chi connectivity index (χ0n) is 17.9. The highest BCUT2D eigenvalue weighted by atomic mass is 32.2. The second-order valence-corrected chi connectivity index (χ2v) is 9.08. The van der Waals surface area contributed by atoms with Crippen LogP contribution in [0.25, 0.3) is 0 Å². The van der Waals surface area contributed by atoms with E-state index < -0.39 is 52.7 Å². The summed E-state index contributed by atoms with van der Waals surface area (Å²) >= 11 is 0. The van der Waals surface area contributed by atoms with Gasteiger partial charge in [0.15, 0.2) is 6.29 Å². The number of unbranched alkanes of at least 4 members (excludes halogenated alkanes) is 4. The molecule has 0 aromatic carbocycles. The summed E-state index contributed by atoms with van der Waals surface area (Å²) in [5.74, 6) is -0.935. The second-order valence-electron chi connectivity index (χ2n) is 7.58. The van der Waals surface area contributed by atoms with Crippen molar-refractivity contribution in [2.75, 3.05) is 32.2 Å². The molecule has 0 spiro atoms. The van der Waals surface area contributed by atoms with Gasteiger partial charge in [-0.2, -0.15) is 8.42 Å². The summed E-state index contributed by atoms with van der Waals surface area (Å²) in [6.45, 7) is 5.54. The van der Waals surface area contributed by atoms with Gasteiger partial charge in [0.25, 0.3) is 10.1 Å². The molecule has 0 bridgehead atoms. The summed E-state index contributed by atoms with van der Waals surface area (Å²) in [5, 5.41) is 30.0. The smallest absolute Gasteiger partial charge is 0.267 e. The fourth-order valence-corrected chi connectivity index (χ4v) is 3.71. The van der Waals surface area contributed by atoms with E-state index in [9.17, 15) is 23.7 Å². The first-order valence-corrected chi connectivity index (χ1v) is 12.3. The predicted molar refractivity (Wildman–Crippen MR) is 109 cm³/mol. The molecule has 180 valence electrons. The van der Waals surface area contributed by atoms with E-state index in [1.54, 1.807) is 0 Å². The molecule has 4 N–H and O–H groups in total. The Morgan fingerprint density at radius 2 is 1.53 bits per heavy atom. The third-order valence-corrected chi connectivity index (χ3v) is 5.54. The maximum Gasteiger partial charge on any atom is 0.267 e. The fourth-order valence-electron chi connectivity index (χ4n) is 3.02. The van der Waals surface area contributed by atoms with Gasteiger partial charge in [-0.15, -0.1) is 0 Å². The van der Waals surface area contributed by atoms with Crippen molar-refractivity contribution in [1.29, 1.82) is 0 Å². The summed E-state index contributed by atoms with van der Waals surface area (Å²) < 4.78 is 53.5. The Hall–Kier alpha value is -0.370. The standard InChI is InChI=1S/C19H38O10S/c1-3-5-7-9-26-11-14(27-10-8-6-4-2)12-28-19-18(22)17(21)16(20)15(29-19)13-30(23,24)25/h14-22H,3-13H2,1-2H3,(H,23,24,25)/t14?,15-,16-,17+,18-,19+/m1/s1. The van der Waals surface area contributed by atoms with Crippen molar-refractivity contribution in [3.63, 3.8) is 0 Å². The van der Waals surface area contributed by atoms with Gasteiger partial charge in [0.2, 0.25) is 0 Å². The lowest BCUT2D eigenvalue weighted by molar-refractivity contribution is -0.297. The predicted octanol–water partition coefficient (Wildman–Crippen LogP) is 0.481. The molecule has 1 aliphatic rings. The highest BCUT2D eigenvalue weighted by Gasteiger charge is 2.45. The van der Waals surface area contributed by atoms with Crippen molar-refractivity contribution in [3.05, 3.63) is 0 Å². The van der Waals surface area contributed by atoms with E-state index in [0.717, 1.165) is 38.5 Å². The normalized spacial score (nSPS) is 28.5. The quantitative estimate of drug-likeness (QED) is 0.190. The molecule has 0 radical (unpaired) electrons. The average molecular weight is 459 g/mol. The van der Waals surface area contributed by atoms with Crippen molar-refractivity contribution in [2.24, 2.45) is 0 Å². The molecule has 1 saturated heterocycles. The number of hydrogen-bond acceptors (Lipinski definition) is 9. The Balaban J connectivity index is 2.61. The minimum atomic E-state index is -4.47. The number of aliphatic hydroxyl groups excluding tert-OH is 3. The Labute approximate surface area is 179 Å². The van der Waals surface area contributed by atoms with Crippen LogP contribution in [0.4, 0.5) is 0 Å². The first-order valence-electron chi connectivity index (χ1n) is 10.6. The van der Waals surface area contributed by atoms with E-state index in [-0.39, 0.29) is 13.2 Å². The minimum absolute atomic E-state index is 0.0248. The molecule has 0 amide bonds. The molecule has 0 aliphatic carbocycles. The summed E-state index contributed by atoms with van der Waals surface area (Å²) in [6, 6.07) is 0. The third kappa shape index (κ3) is 10.8. The first-order chi connectivity index (χ1) is 14.2. The van der Waals surface area contributed by atoms with Crippen LogP contribution in [0.2, 0.25) is 0 Å². The molecule has 0 aromatic heterocycles. The number of ether oxygens (including phenoxy) is 4. The molecule has 1 aliphatic heterocycles. The van der Waals surface area contributed by atoms with E-state index in [1.165, 1.54) is 0 Å². The van der Waals surface area contributed by atoms with E-state index in [4.69, 9.17) is 23.5 Å². The summed E-state index contributed by atoms with van der Waals surface area (Å²) in [5.41, 5.74) is 0. The van der Waals surface area contributed by atoms with Gasteiger partial charge in [0.05, 0.1) is 13.2 Å². The highest BCUT2D eigenvalue weighted by molar-refractivity contribution is 7.85. The molecule has 10 nitrogen and oxygen atoms in total. The van der Waals surface area contributed by atoms with Crippen LogP contribution in [0, 0.1) is 0 Å². The monoisotopic (exact) mass is 458 g/mol. The molecule has 1 heterocycles. The third-order valence-electron chi connectivity index (χ3n) is 4.79. The van der Waals surface area contributed by atoms with Crippen LogP contribution in [0.5, 0.6) is 0 Å². The van der Waals surface area contributed by atoms with E-state index in [0.29, 0.717) is 13.2 Å².